The van der Waals surface area contributed by atoms with Gasteiger partial charge in [0.25, 0.3) is 5.91 Å². The second-order valence-corrected chi connectivity index (χ2v) is 6.77. The third-order valence-corrected chi connectivity index (χ3v) is 4.65. The number of hydrogen-bond donors (Lipinski definition) is 0. The number of likely N-dealkylation sites (tertiary alicyclic amines) is 1. The minimum atomic E-state index is 0.124. The van der Waals surface area contributed by atoms with Gasteiger partial charge in [0.2, 0.25) is 0 Å². The van der Waals surface area contributed by atoms with E-state index in [0.29, 0.717) is 17.0 Å². The van der Waals surface area contributed by atoms with Crippen LogP contribution in [0.15, 0.2) is 30.6 Å². The van der Waals surface area contributed by atoms with Crippen LogP contribution in [0.4, 0.5) is 0 Å². The molecule has 21 heavy (non-hydrogen) atoms. The lowest BCUT2D eigenvalue weighted by atomic mass is 9.78. The summed E-state index contributed by atoms with van der Waals surface area (Å²) in [5.41, 5.74) is 1.94. The number of hydrogen-bond acceptors (Lipinski definition) is 2. The van der Waals surface area contributed by atoms with Crippen LogP contribution in [0.3, 0.4) is 0 Å². The van der Waals surface area contributed by atoms with Crippen LogP contribution in [0.5, 0.6) is 0 Å². The molecule has 0 saturated carbocycles. The fraction of sp³-hybridized carbons (Fsp3) is 0.529. The first-order chi connectivity index (χ1) is 10.0. The van der Waals surface area contributed by atoms with Crippen molar-refractivity contribution in [2.75, 3.05) is 6.54 Å². The van der Waals surface area contributed by atoms with E-state index in [2.05, 4.69) is 30.8 Å². The lowest BCUT2D eigenvalue weighted by molar-refractivity contribution is 0.0429. The first-order valence-electron chi connectivity index (χ1n) is 7.75. The normalized spacial score (nSPS) is 21.7. The van der Waals surface area contributed by atoms with E-state index in [0.717, 1.165) is 31.3 Å². The second-order valence-electron chi connectivity index (χ2n) is 6.77. The predicted molar refractivity (Wildman–Crippen MR) is 83.3 cm³/mol. The van der Waals surface area contributed by atoms with Crippen molar-refractivity contribution in [3.63, 3.8) is 0 Å². The van der Waals surface area contributed by atoms with Gasteiger partial charge in [0, 0.05) is 18.8 Å². The molecule has 112 valence electrons. The number of aromatic nitrogens is 2. The Morgan fingerprint density at radius 1 is 1.43 bits per heavy atom. The maximum Gasteiger partial charge on any atom is 0.257 e. The maximum absolute atomic E-state index is 12.9. The van der Waals surface area contributed by atoms with E-state index in [1.807, 2.05) is 24.4 Å². The summed E-state index contributed by atoms with van der Waals surface area (Å²) in [4.78, 5) is 15.0. The van der Waals surface area contributed by atoms with Crippen LogP contribution in [0.2, 0.25) is 0 Å². The van der Waals surface area contributed by atoms with Crippen LogP contribution in [0.1, 0.15) is 50.4 Å². The van der Waals surface area contributed by atoms with Crippen molar-refractivity contribution in [3.8, 4) is 0 Å². The Bertz CT molecular complexity index is 659. The Balaban J connectivity index is 1.91. The molecular weight excluding hydrogens is 262 g/mol. The summed E-state index contributed by atoms with van der Waals surface area (Å²) in [6.45, 7) is 7.61. The van der Waals surface area contributed by atoms with Crippen LogP contribution < -0.4 is 0 Å². The number of fused-ring (bicyclic) bond motifs is 1. The molecule has 0 bridgehead atoms. The molecular formula is C17H23N3O. The maximum atomic E-state index is 12.9. The molecule has 1 unspecified atom stereocenters. The molecule has 0 radical (unpaired) electrons. The predicted octanol–water partition coefficient (Wildman–Crippen LogP) is 3.38. The highest BCUT2D eigenvalue weighted by Crippen LogP contribution is 2.35. The van der Waals surface area contributed by atoms with Gasteiger partial charge in [0.1, 0.15) is 0 Å². The molecule has 3 heterocycles. The topological polar surface area (TPSA) is 37.6 Å². The van der Waals surface area contributed by atoms with Crippen LogP contribution in [0, 0.1) is 5.41 Å². The standard InChI is InChI=1S/C17H23N3O/c1-4-13-11-17(2,3)8-10-19(13)16(21)14-12-18-20-9-6-5-7-15(14)20/h5-7,9,12-13H,4,8,10-11H2,1-3H3. The molecule has 2 aromatic rings. The SMILES string of the molecule is CCC1CC(C)(C)CCN1C(=O)c1cnn2ccccc12. The summed E-state index contributed by atoms with van der Waals surface area (Å²) in [6.07, 6.45) is 6.73. The van der Waals surface area contributed by atoms with Gasteiger partial charge in [-0.1, -0.05) is 26.8 Å². The molecule has 4 heteroatoms. The smallest absolute Gasteiger partial charge is 0.257 e. The lowest BCUT2D eigenvalue weighted by Gasteiger charge is -2.43. The van der Waals surface area contributed by atoms with E-state index in [4.69, 9.17) is 0 Å². The average Bonchev–Trinajstić information content (AvgIpc) is 2.89. The van der Waals surface area contributed by atoms with E-state index in [1.54, 1.807) is 10.7 Å². The van der Waals surface area contributed by atoms with Gasteiger partial charge < -0.3 is 4.90 Å². The highest BCUT2D eigenvalue weighted by Gasteiger charge is 2.35. The molecule has 1 aliphatic heterocycles. The number of amides is 1. The van der Waals surface area contributed by atoms with Gasteiger partial charge in [0.15, 0.2) is 0 Å². The van der Waals surface area contributed by atoms with Crippen LogP contribution in [-0.2, 0) is 0 Å². The summed E-state index contributed by atoms with van der Waals surface area (Å²) >= 11 is 0. The van der Waals surface area contributed by atoms with Crippen molar-refractivity contribution >= 4 is 11.4 Å². The van der Waals surface area contributed by atoms with Gasteiger partial charge in [-0.25, -0.2) is 4.52 Å². The molecule has 0 aliphatic carbocycles. The first-order valence-corrected chi connectivity index (χ1v) is 7.75. The van der Waals surface area contributed by atoms with Crippen molar-refractivity contribution in [1.82, 2.24) is 14.5 Å². The molecule has 1 atom stereocenters. The fourth-order valence-corrected chi connectivity index (χ4v) is 3.34. The zero-order chi connectivity index (χ0) is 15.0. The molecule has 4 nitrogen and oxygen atoms in total. The Kier molecular flexibility index (Phi) is 3.47. The molecule has 1 saturated heterocycles. The molecule has 0 aromatic carbocycles. The highest BCUT2D eigenvalue weighted by molar-refractivity contribution is 6.00. The minimum Gasteiger partial charge on any atom is -0.336 e. The summed E-state index contributed by atoms with van der Waals surface area (Å²) in [5, 5.41) is 4.28. The van der Waals surface area contributed by atoms with Crippen molar-refractivity contribution in [3.05, 3.63) is 36.2 Å². The van der Waals surface area contributed by atoms with Gasteiger partial charge in [-0.2, -0.15) is 5.10 Å². The Hall–Kier alpha value is -1.84. The largest absolute Gasteiger partial charge is 0.336 e. The van der Waals surface area contributed by atoms with Gasteiger partial charge in [-0.3, -0.25) is 4.79 Å². The second kappa shape index (κ2) is 5.17. The molecule has 0 spiro atoms. The summed E-state index contributed by atoms with van der Waals surface area (Å²) in [5.74, 6) is 0.124. The first kappa shape index (κ1) is 14.1. The monoisotopic (exact) mass is 285 g/mol. The fourth-order valence-electron chi connectivity index (χ4n) is 3.34. The van der Waals surface area contributed by atoms with Crippen LogP contribution in [-0.4, -0.2) is 33.0 Å². The van der Waals surface area contributed by atoms with E-state index in [-0.39, 0.29) is 5.91 Å². The minimum absolute atomic E-state index is 0.124. The van der Waals surface area contributed by atoms with E-state index < -0.39 is 0 Å². The van der Waals surface area contributed by atoms with Crippen molar-refractivity contribution < 1.29 is 4.79 Å². The number of piperidine rings is 1. The van der Waals surface area contributed by atoms with E-state index in [1.165, 1.54) is 0 Å². The molecule has 1 aliphatic rings. The van der Waals surface area contributed by atoms with Gasteiger partial charge in [-0.15, -0.1) is 0 Å². The number of rotatable bonds is 2. The van der Waals surface area contributed by atoms with Crippen LogP contribution >= 0.6 is 0 Å². The molecule has 2 aromatic heterocycles. The summed E-state index contributed by atoms with van der Waals surface area (Å²) < 4.78 is 1.77. The van der Waals surface area contributed by atoms with Gasteiger partial charge in [0.05, 0.1) is 17.3 Å². The highest BCUT2D eigenvalue weighted by atomic mass is 16.2. The number of pyridine rings is 1. The lowest BCUT2D eigenvalue weighted by Crippen LogP contribution is -2.48. The summed E-state index contributed by atoms with van der Waals surface area (Å²) in [6, 6.07) is 6.16. The van der Waals surface area contributed by atoms with Gasteiger partial charge in [-0.05, 0) is 36.8 Å². The van der Waals surface area contributed by atoms with Crippen molar-refractivity contribution in [2.45, 2.75) is 46.1 Å². The van der Waals surface area contributed by atoms with Crippen molar-refractivity contribution in [1.29, 1.82) is 0 Å². The zero-order valence-corrected chi connectivity index (χ0v) is 13.0. The summed E-state index contributed by atoms with van der Waals surface area (Å²) in [7, 11) is 0. The molecule has 3 rings (SSSR count). The number of carbonyl (C=O) groups excluding carboxylic acids is 1. The Morgan fingerprint density at radius 3 is 3.00 bits per heavy atom. The molecule has 0 N–H and O–H groups in total. The Labute approximate surface area is 125 Å². The Morgan fingerprint density at radius 2 is 2.24 bits per heavy atom. The quantitative estimate of drug-likeness (QED) is 0.848. The van der Waals surface area contributed by atoms with E-state index in [9.17, 15) is 4.79 Å². The third-order valence-electron chi connectivity index (χ3n) is 4.65. The number of nitrogens with zero attached hydrogens (tertiary/aromatic N) is 3. The van der Waals surface area contributed by atoms with Gasteiger partial charge >= 0.3 is 0 Å². The van der Waals surface area contributed by atoms with Crippen molar-refractivity contribution in [2.24, 2.45) is 5.41 Å². The zero-order valence-electron chi connectivity index (χ0n) is 13.0. The molecule has 1 amide bonds. The van der Waals surface area contributed by atoms with Crippen LogP contribution in [0.25, 0.3) is 5.52 Å². The third kappa shape index (κ3) is 2.55. The van der Waals surface area contributed by atoms with E-state index >= 15 is 0 Å². The molecule has 1 fully saturated rings. The average molecular weight is 285 g/mol. The number of carbonyl (C=O) groups is 1.